The molecule has 0 radical (unpaired) electrons. The first-order chi connectivity index (χ1) is 11.7. The van der Waals surface area contributed by atoms with E-state index < -0.39 is 11.9 Å². The van der Waals surface area contributed by atoms with Crippen LogP contribution < -0.4 is 0 Å². The number of aryl methyl sites for hydroxylation is 1. The monoisotopic (exact) mass is 372 g/mol. The molecule has 2 bridgehead atoms. The van der Waals surface area contributed by atoms with Crippen molar-refractivity contribution >= 4 is 27.5 Å². The zero-order valence-corrected chi connectivity index (χ0v) is 14.8. The number of hydrogen-bond acceptors (Lipinski definition) is 4. The molecule has 25 heavy (non-hydrogen) atoms. The second-order valence-corrected chi connectivity index (χ2v) is 8.08. The van der Waals surface area contributed by atoms with E-state index in [2.05, 4.69) is 17.0 Å². The summed E-state index contributed by atoms with van der Waals surface area (Å²) in [6.45, 7) is 2.30. The smallest absolute Gasteiger partial charge is 0.336 e. The summed E-state index contributed by atoms with van der Waals surface area (Å²) in [6.07, 6.45) is -2.35. The molecule has 0 aliphatic carbocycles. The molecule has 3 fully saturated rings. The van der Waals surface area contributed by atoms with Gasteiger partial charge >= 0.3 is 6.18 Å². The zero-order valence-electron chi connectivity index (χ0n) is 14.0. The lowest BCUT2D eigenvalue weighted by Gasteiger charge is -2.32. The molecule has 1 amide bonds. The molecule has 5 heterocycles. The number of rotatable bonds is 1. The van der Waals surface area contributed by atoms with E-state index in [9.17, 15) is 18.0 Å². The van der Waals surface area contributed by atoms with Gasteiger partial charge in [-0.15, -0.1) is 11.3 Å². The highest BCUT2D eigenvalue weighted by atomic mass is 32.1. The van der Waals surface area contributed by atoms with Gasteiger partial charge < -0.3 is 9.80 Å². The minimum absolute atomic E-state index is 0.0123. The minimum atomic E-state index is -4.52. The number of nitrogens with zero attached hydrogens (tertiary/aromatic N) is 4. The third kappa shape index (κ3) is 2.83. The lowest BCUT2D eigenvalue weighted by atomic mass is 9.96. The fraction of sp³-hybridized carbons (Fsp3) is 0.625. The maximum absolute atomic E-state index is 13.1. The molecule has 3 saturated heterocycles. The van der Waals surface area contributed by atoms with Crippen LogP contribution in [0.1, 0.15) is 28.2 Å². The lowest BCUT2D eigenvalue weighted by Crippen LogP contribution is -2.41. The summed E-state index contributed by atoms with van der Waals surface area (Å²) < 4.78 is 40.6. The van der Waals surface area contributed by atoms with Gasteiger partial charge in [0.25, 0.3) is 5.91 Å². The van der Waals surface area contributed by atoms with Gasteiger partial charge in [0.2, 0.25) is 0 Å². The highest BCUT2D eigenvalue weighted by Gasteiger charge is 2.39. The molecule has 2 atom stereocenters. The van der Waals surface area contributed by atoms with Crippen LogP contribution >= 0.6 is 11.3 Å². The first kappa shape index (κ1) is 16.8. The minimum Gasteiger partial charge on any atom is -0.336 e. The van der Waals surface area contributed by atoms with E-state index in [4.69, 9.17) is 0 Å². The van der Waals surface area contributed by atoms with E-state index in [1.54, 1.807) is 0 Å². The number of fused-ring (bicyclic) bond motifs is 5. The Morgan fingerprint density at radius 1 is 1.24 bits per heavy atom. The number of piperidine rings is 1. The van der Waals surface area contributed by atoms with Crippen LogP contribution in [-0.4, -0.2) is 58.2 Å². The van der Waals surface area contributed by atoms with E-state index in [0.717, 1.165) is 30.7 Å². The molecule has 9 heteroatoms. The Labute approximate surface area is 147 Å². The summed E-state index contributed by atoms with van der Waals surface area (Å²) in [5.41, 5.74) is -0.920. The third-order valence-electron chi connectivity index (χ3n) is 5.27. The summed E-state index contributed by atoms with van der Waals surface area (Å²) in [5.74, 6) is 0.274. The first-order valence-electron chi connectivity index (χ1n) is 8.27. The van der Waals surface area contributed by atoms with Crippen LogP contribution in [0.15, 0.2) is 6.07 Å². The molecule has 0 saturated carbocycles. The van der Waals surface area contributed by atoms with Gasteiger partial charge in [-0.05, 0) is 31.9 Å². The Kier molecular flexibility index (Phi) is 3.84. The van der Waals surface area contributed by atoms with Crippen molar-refractivity contribution in [3.63, 3.8) is 0 Å². The second kappa shape index (κ2) is 5.70. The summed E-state index contributed by atoms with van der Waals surface area (Å²) in [5, 5.41) is 3.58. The molecule has 5 nitrogen and oxygen atoms in total. The Bertz CT molecular complexity index is 827. The summed E-state index contributed by atoms with van der Waals surface area (Å²) >= 11 is 1.09. The van der Waals surface area contributed by atoms with Gasteiger partial charge in [-0.1, -0.05) is 0 Å². The largest absolute Gasteiger partial charge is 0.435 e. The molecule has 2 unspecified atom stereocenters. The summed E-state index contributed by atoms with van der Waals surface area (Å²) in [7, 11) is 3.55. The standard InChI is InChI=1S/C16H19F3N4OS/c1-21-6-9-3-4-10(21)8-23(7-9)14(24)12-5-11-13(16(17,18)19)20-22(2)15(11)25-12/h5,9-10H,3-4,6-8H2,1-2H3. The predicted octanol–water partition coefficient (Wildman–Crippen LogP) is 2.82. The normalized spacial score (nSPS) is 24.9. The molecule has 0 aromatic carbocycles. The SMILES string of the molecule is CN1CC2CCC1CN(C(=O)c1cc3c(C(F)(F)F)nn(C)c3s1)C2. The molecule has 5 rings (SSSR count). The van der Waals surface area contributed by atoms with Crippen molar-refractivity contribution in [3.05, 3.63) is 16.6 Å². The Morgan fingerprint density at radius 3 is 2.68 bits per heavy atom. The summed E-state index contributed by atoms with van der Waals surface area (Å²) in [6, 6.07) is 1.69. The molecular formula is C16H19F3N4OS. The molecule has 2 aromatic heterocycles. The van der Waals surface area contributed by atoms with Crippen LogP contribution in [0.2, 0.25) is 0 Å². The third-order valence-corrected chi connectivity index (χ3v) is 6.46. The van der Waals surface area contributed by atoms with Gasteiger partial charge in [0.05, 0.1) is 4.88 Å². The molecule has 2 aromatic rings. The number of hydrogen-bond donors (Lipinski definition) is 0. The number of carbonyl (C=O) groups is 1. The van der Waals surface area contributed by atoms with Crippen molar-refractivity contribution in [3.8, 4) is 0 Å². The quantitative estimate of drug-likeness (QED) is 0.773. The molecule has 0 N–H and O–H groups in total. The van der Waals surface area contributed by atoms with Crippen molar-refractivity contribution in [2.75, 3.05) is 26.7 Å². The lowest BCUT2D eigenvalue weighted by molar-refractivity contribution is -0.140. The maximum Gasteiger partial charge on any atom is 0.435 e. The van der Waals surface area contributed by atoms with Gasteiger partial charge in [-0.3, -0.25) is 9.48 Å². The van der Waals surface area contributed by atoms with E-state index in [0.29, 0.717) is 34.8 Å². The van der Waals surface area contributed by atoms with Crippen molar-refractivity contribution in [2.45, 2.75) is 25.1 Å². The molecule has 3 aliphatic rings. The second-order valence-electron chi connectivity index (χ2n) is 7.05. The zero-order chi connectivity index (χ0) is 17.9. The van der Waals surface area contributed by atoms with Crippen LogP contribution in [0.5, 0.6) is 0 Å². The van der Waals surface area contributed by atoms with Gasteiger partial charge in [0, 0.05) is 38.1 Å². The molecule has 3 aliphatic heterocycles. The summed E-state index contributed by atoms with van der Waals surface area (Å²) in [4.78, 5) is 17.8. The van der Waals surface area contributed by atoms with E-state index in [1.165, 1.54) is 17.8 Å². The average molecular weight is 372 g/mol. The van der Waals surface area contributed by atoms with Gasteiger partial charge in [-0.2, -0.15) is 18.3 Å². The first-order valence-corrected chi connectivity index (χ1v) is 9.09. The Morgan fingerprint density at radius 2 is 2.00 bits per heavy atom. The molecular weight excluding hydrogens is 353 g/mol. The highest BCUT2D eigenvalue weighted by molar-refractivity contribution is 7.20. The van der Waals surface area contributed by atoms with E-state index in [-0.39, 0.29) is 11.3 Å². The van der Waals surface area contributed by atoms with Crippen molar-refractivity contribution in [1.29, 1.82) is 0 Å². The fourth-order valence-electron chi connectivity index (χ4n) is 3.99. The van der Waals surface area contributed by atoms with Crippen molar-refractivity contribution < 1.29 is 18.0 Å². The Balaban J connectivity index is 1.67. The van der Waals surface area contributed by atoms with Crippen molar-refractivity contribution in [2.24, 2.45) is 13.0 Å². The predicted molar refractivity (Wildman–Crippen MR) is 88.6 cm³/mol. The van der Waals surface area contributed by atoms with Crippen LogP contribution in [0, 0.1) is 5.92 Å². The van der Waals surface area contributed by atoms with Crippen molar-refractivity contribution in [1.82, 2.24) is 19.6 Å². The van der Waals surface area contributed by atoms with Crippen LogP contribution in [0.25, 0.3) is 10.2 Å². The van der Waals surface area contributed by atoms with E-state index >= 15 is 0 Å². The molecule has 0 spiro atoms. The van der Waals surface area contributed by atoms with Gasteiger partial charge in [0.1, 0.15) is 4.83 Å². The number of halogens is 3. The van der Waals surface area contributed by atoms with Crippen LogP contribution in [-0.2, 0) is 13.2 Å². The number of amides is 1. The topological polar surface area (TPSA) is 41.4 Å². The number of carbonyl (C=O) groups excluding carboxylic acids is 1. The van der Waals surface area contributed by atoms with E-state index in [1.807, 2.05) is 4.90 Å². The van der Waals surface area contributed by atoms with Crippen LogP contribution in [0.3, 0.4) is 0 Å². The number of likely N-dealkylation sites (N-methyl/N-ethyl adjacent to an activating group) is 1. The van der Waals surface area contributed by atoms with Gasteiger partial charge in [-0.25, -0.2) is 0 Å². The number of aromatic nitrogens is 2. The highest BCUT2D eigenvalue weighted by Crippen LogP contribution is 2.38. The molecule has 136 valence electrons. The average Bonchev–Trinajstić information content (AvgIpc) is 2.96. The van der Waals surface area contributed by atoms with Crippen LogP contribution in [0.4, 0.5) is 13.2 Å². The number of alkyl halides is 3. The fourth-order valence-corrected chi connectivity index (χ4v) is 5.03. The van der Waals surface area contributed by atoms with Gasteiger partial charge in [0.15, 0.2) is 5.69 Å². The maximum atomic E-state index is 13.1. The Hall–Kier alpha value is -1.61. The number of thiophene rings is 1.